The maximum atomic E-state index is 14.6. The number of hydrazine groups is 1. The van der Waals surface area contributed by atoms with Gasteiger partial charge in [0.1, 0.15) is 12.4 Å². The van der Waals surface area contributed by atoms with Gasteiger partial charge in [-0.2, -0.15) is 8.78 Å². The molecular weight excluding hydrogens is 470 g/mol. The van der Waals surface area contributed by atoms with Crippen LogP contribution in [0.2, 0.25) is 5.02 Å². The average molecular weight is 485 g/mol. The Bertz CT molecular complexity index is 995. The number of carbonyl (C=O) groups is 2. The molecule has 3 amide bonds. The number of halogens is 7. The molecule has 174 valence electrons. The molecule has 1 unspecified atom stereocenters. The predicted octanol–water partition coefficient (Wildman–Crippen LogP) is 3.98. The third-order valence-electron chi connectivity index (χ3n) is 3.80. The number of alkyl halides is 4. The van der Waals surface area contributed by atoms with Crippen LogP contribution in [0.15, 0.2) is 24.4 Å². The van der Waals surface area contributed by atoms with Crippen LogP contribution in [-0.2, 0) is 4.79 Å². The van der Waals surface area contributed by atoms with Gasteiger partial charge in [0.05, 0.1) is 11.7 Å². The lowest BCUT2D eigenvalue weighted by Crippen LogP contribution is -2.49. The monoisotopic (exact) mass is 484 g/mol. The lowest BCUT2D eigenvalue weighted by Gasteiger charge is -2.17. The van der Waals surface area contributed by atoms with Crippen molar-refractivity contribution in [3.63, 3.8) is 0 Å². The molecule has 32 heavy (non-hydrogen) atoms. The van der Waals surface area contributed by atoms with Crippen LogP contribution in [0.3, 0.4) is 0 Å². The molecule has 0 bridgehead atoms. The minimum Gasteiger partial charge on any atom is -0.484 e. The normalized spacial score (nSPS) is 11.9. The number of carbonyl (C=O) groups excluding carboxylic acids is 2. The van der Waals surface area contributed by atoms with Gasteiger partial charge in [-0.3, -0.25) is 15.2 Å². The average Bonchev–Trinajstić information content (AvgIpc) is 2.70. The van der Waals surface area contributed by atoms with Crippen LogP contribution in [0.4, 0.5) is 31.1 Å². The van der Waals surface area contributed by atoms with Crippen molar-refractivity contribution in [3.8, 4) is 16.9 Å². The second kappa shape index (κ2) is 10.9. The van der Waals surface area contributed by atoms with Crippen molar-refractivity contribution in [1.82, 2.24) is 21.2 Å². The summed E-state index contributed by atoms with van der Waals surface area (Å²) in [5, 5.41) is 2.04. The van der Waals surface area contributed by atoms with Gasteiger partial charge in [-0.05, 0) is 25.1 Å². The van der Waals surface area contributed by atoms with Crippen LogP contribution < -0.4 is 20.9 Å². The molecule has 1 aromatic heterocycles. The molecule has 2 aromatic rings. The van der Waals surface area contributed by atoms with Gasteiger partial charge in [0, 0.05) is 22.3 Å². The maximum Gasteiger partial charge on any atom is 0.334 e. The number of hydrogen-bond donors (Lipinski definition) is 3. The summed E-state index contributed by atoms with van der Waals surface area (Å²) < 4.78 is 82.7. The topological polar surface area (TPSA) is 92.4 Å². The number of nitrogens with zero attached hydrogens (tertiary/aromatic N) is 1. The van der Waals surface area contributed by atoms with Crippen molar-refractivity contribution in [1.29, 1.82) is 0 Å². The van der Waals surface area contributed by atoms with Gasteiger partial charge in [0.2, 0.25) is 0 Å². The van der Waals surface area contributed by atoms with E-state index in [1.165, 1.54) is 18.4 Å². The smallest absolute Gasteiger partial charge is 0.334 e. The van der Waals surface area contributed by atoms with E-state index < -0.39 is 54.8 Å². The van der Waals surface area contributed by atoms with Gasteiger partial charge in [0.15, 0.2) is 11.6 Å². The molecule has 0 spiro atoms. The highest BCUT2D eigenvalue weighted by atomic mass is 35.5. The zero-order valence-corrected chi connectivity index (χ0v) is 16.8. The maximum absolute atomic E-state index is 14.6. The Morgan fingerprint density at radius 2 is 1.78 bits per heavy atom. The van der Waals surface area contributed by atoms with E-state index in [9.17, 15) is 35.9 Å². The molecule has 0 radical (unpaired) electrons. The molecule has 0 saturated heterocycles. The highest BCUT2D eigenvalue weighted by Gasteiger charge is 2.21. The third-order valence-corrected chi connectivity index (χ3v) is 4.02. The number of nitrogens with one attached hydrogen (secondary N) is 3. The first-order chi connectivity index (χ1) is 15.0. The number of aromatic nitrogens is 1. The Labute approximate surface area is 182 Å². The van der Waals surface area contributed by atoms with E-state index in [0.29, 0.717) is 0 Å². The van der Waals surface area contributed by atoms with Gasteiger partial charge in [0.25, 0.3) is 6.43 Å². The second-order valence-corrected chi connectivity index (χ2v) is 6.60. The lowest BCUT2D eigenvalue weighted by atomic mass is 10.0. The highest BCUT2D eigenvalue weighted by Crippen LogP contribution is 2.36. The van der Waals surface area contributed by atoms with E-state index >= 15 is 0 Å². The fraction of sp³-hybridized carbons (Fsp3) is 0.278. The molecule has 0 saturated carbocycles. The Morgan fingerprint density at radius 1 is 1.09 bits per heavy atom. The fourth-order valence-electron chi connectivity index (χ4n) is 2.46. The second-order valence-electron chi connectivity index (χ2n) is 6.17. The van der Waals surface area contributed by atoms with Crippen LogP contribution in [0.25, 0.3) is 11.1 Å². The molecule has 0 aliphatic carbocycles. The molecule has 1 aromatic carbocycles. The fourth-order valence-corrected chi connectivity index (χ4v) is 2.66. The zero-order chi connectivity index (χ0) is 24.0. The minimum atomic E-state index is -3.36. The van der Waals surface area contributed by atoms with Crippen molar-refractivity contribution in [2.75, 3.05) is 6.61 Å². The standard InChI is InChI=1S/C18H15ClF6N4O3/c1-7(27-18(31)29-28-17(30)16(24)25)14-11(20)2-8(5-26-14)10-3-9(19)4-12(21)15(10)32-6-13(22)23/h2-5,7,13,16H,6H2,1H3,(H,28,30)(H2,27,29,31). The number of urea groups is 1. The highest BCUT2D eigenvalue weighted by molar-refractivity contribution is 6.31. The van der Waals surface area contributed by atoms with E-state index in [2.05, 4.69) is 10.3 Å². The first-order valence-electron chi connectivity index (χ1n) is 8.70. The first kappa shape index (κ1) is 25.0. The molecule has 1 heterocycles. The van der Waals surface area contributed by atoms with Gasteiger partial charge in [-0.25, -0.2) is 27.8 Å². The van der Waals surface area contributed by atoms with E-state index in [1.807, 2.05) is 0 Å². The Morgan fingerprint density at radius 3 is 2.38 bits per heavy atom. The van der Waals surface area contributed by atoms with E-state index in [4.69, 9.17) is 16.3 Å². The quantitative estimate of drug-likeness (QED) is 0.409. The van der Waals surface area contributed by atoms with Crippen LogP contribution in [0.5, 0.6) is 5.75 Å². The molecule has 14 heteroatoms. The van der Waals surface area contributed by atoms with Crippen LogP contribution in [0, 0.1) is 11.6 Å². The summed E-state index contributed by atoms with van der Waals surface area (Å²) >= 11 is 5.80. The molecule has 3 N–H and O–H groups in total. The molecule has 1 atom stereocenters. The third kappa shape index (κ3) is 6.64. The van der Waals surface area contributed by atoms with Crippen molar-refractivity contribution in [2.45, 2.75) is 25.8 Å². The molecule has 2 rings (SSSR count). The first-order valence-corrected chi connectivity index (χ1v) is 9.07. The number of hydrogen-bond acceptors (Lipinski definition) is 4. The summed E-state index contributed by atoms with van der Waals surface area (Å²) in [5.41, 5.74) is 2.59. The summed E-state index contributed by atoms with van der Waals surface area (Å²) in [7, 11) is 0. The van der Waals surface area contributed by atoms with Gasteiger partial charge in [-0.1, -0.05) is 11.6 Å². The SMILES string of the molecule is CC(NC(=O)NNC(=O)C(F)F)c1ncc(-c2cc(Cl)cc(F)c2OCC(F)F)cc1F. The predicted molar refractivity (Wildman–Crippen MR) is 100 cm³/mol. The molecule has 0 aliphatic heterocycles. The molecule has 0 aliphatic rings. The Hall–Kier alpha value is -3.22. The molecule has 0 fully saturated rings. The van der Waals surface area contributed by atoms with Gasteiger partial charge >= 0.3 is 18.4 Å². The van der Waals surface area contributed by atoms with Gasteiger partial charge < -0.3 is 10.1 Å². The van der Waals surface area contributed by atoms with Crippen LogP contribution in [0.1, 0.15) is 18.7 Å². The van der Waals surface area contributed by atoms with E-state index in [-0.39, 0.29) is 21.8 Å². The van der Waals surface area contributed by atoms with E-state index in [1.54, 1.807) is 5.43 Å². The zero-order valence-electron chi connectivity index (χ0n) is 16.1. The van der Waals surface area contributed by atoms with Crippen molar-refractivity contribution in [3.05, 3.63) is 46.7 Å². The summed E-state index contributed by atoms with van der Waals surface area (Å²) in [6.45, 7) is 0.188. The molecule has 7 nitrogen and oxygen atoms in total. The number of pyridine rings is 1. The minimum absolute atomic E-state index is 0.0576. The molecular formula is C18H15ClF6N4O3. The number of amides is 3. The lowest BCUT2D eigenvalue weighted by molar-refractivity contribution is -0.132. The van der Waals surface area contributed by atoms with Crippen molar-refractivity contribution < 1.29 is 40.7 Å². The summed E-state index contributed by atoms with van der Waals surface area (Å²) in [4.78, 5) is 26.2. The Balaban J connectivity index is 2.21. The van der Waals surface area contributed by atoms with Crippen molar-refractivity contribution >= 4 is 23.5 Å². The van der Waals surface area contributed by atoms with Crippen molar-refractivity contribution in [2.24, 2.45) is 0 Å². The Kier molecular flexibility index (Phi) is 8.52. The number of ether oxygens (including phenoxy) is 1. The van der Waals surface area contributed by atoms with Crippen LogP contribution in [-0.4, -0.2) is 36.4 Å². The summed E-state index contributed by atoms with van der Waals surface area (Å²) in [6, 6.07) is 0.663. The van der Waals surface area contributed by atoms with Crippen LogP contribution >= 0.6 is 11.6 Å². The number of rotatable bonds is 7. The summed E-state index contributed by atoms with van der Waals surface area (Å²) in [5.74, 6) is -4.36. The van der Waals surface area contributed by atoms with Gasteiger partial charge in [-0.15, -0.1) is 0 Å². The van der Waals surface area contributed by atoms with E-state index in [0.717, 1.165) is 18.3 Å². The summed E-state index contributed by atoms with van der Waals surface area (Å²) in [6.07, 6.45) is -5.18. The number of benzene rings is 1. The largest absolute Gasteiger partial charge is 0.484 e.